The second-order valence-electron chi connectivity index (χ2n) is 8.12. The van der Waals surface area contributed by atoms with E-state index in [0.717, 1.165) is 5.56 Å². The average molecular weight is 514 g/mol. The van der Waals surface area contributed by atoms with Crippen molar-refractivity contribution in [1.82, 2.24) is 5.32 Å². The number of methoxy groups -OCH3 is 2. The van der Waals surface area contributed by atoms with Gasteiger partial charge in [-0.05, 0) is 53.5 Å². The van der Waals surface area contributed by atoms with Crippen LogP contribution in [-0.4, -0.2) is 25.1 Å². The van der Waals surface area contributed by atoms with E-state index in [1.807, 2.05) is 18.2 Å². The van der Waals surface area contributed by atoms with Crippen LogP contribution in [0.2, 0.25) is 0 Å². The number of nitro benzene ring substituents is 1. The molecule has 0 fully saturated rings. The summed E-state index contributed by atoms with van der Waals surface area (Å²) in [5.74, 6) is 1.02. The number of nitrogens with one attached hydrogen (secondary N) is 1. The van der Waals surface area contributed by atoms with Gasteiger partial charge in [-0.3, -0.25) is 14.9 Å². The van der Waals surface area contributed by atoms with Gasteiger partial charge in [-0.2, -0.15) is 5.26 Å². The number of benzene rings is 3. The summed E-state index contributed by atoms with van der Waals surface area (Å²) < 4.78 is 16.7. The van der Waals surface area contributed by atoms with E-state index in [0.29, 0.717) is 40.4 Å². The van der Waals surface area contributed by atoms with Crippen LogP contribution >= 0.6 is 0 Å². The van der Waals surface area contributed by atoms with Gasteiger partial charge in [0.2, 0.25) is 0 Å². The van der Waals surface area contributed by atoms with Crippen molar-refractivity contribution in [2.75, 3.05) is 14.2 Å². The summed E-state index contributed by atoms with van der Waals surface area (Å²) in [5, 5.41) is 23.5. The van der Waals surface area contributed by atoms with Gasteiger partial charge >= 0.3 is 0 Å². The van der Waals surface area contributed by atoms with E-state index in [4.69, 9.17) is 14.2 Å². The smallest absolute Gasteiger partial charge is 0.269 e. The number of amides is 1. The number of ether oxygens (including phenoxy) is 3. The minimum absolute atomic E-state index is 0.0286. The molecule has 3 aromatic carbocycles. The Morgan fingerprint density at radius 2 is 1.87 bits per heavy atom. The third kappa shape index (κ3) is 7.21. The second-order valence-corrected chi connectivity index (χ2v) is 8.12. The van der Waals surface area contributed by atoms with Crippen molar-refractivity contribution in [2.24, 2.45) is 0 Å². The molecular weight excluding hydrogens is 486 g/mol. The van der Waals surface area contributed by atoms with E-state index >= 15 is 0 Å². The molecule has 38 heavy (non-hydrogen) atoms. The molecule has 0 aliphatic rings. The Bertz CT molecular complexity index is 1390. The summed E-state index contributed by atoms with van der Waals surface area (Å²) in [6.07, 6.45) is 3.59. The standard InChI is InChI=1S/C29H27N3O6/c1-4-6-23-13-22(14-24(17-30)29(33)31-18-20-9-11-26(36-2)12-10-20)16-27(37-3)28(23)38-19-21-7-5-8-25(15-21)32(34)35/h4-5,7-16H,1,6,18-19H2,2-3H3,(H,31,33)/b24-14-. The van der Waals surface area contributed by atoms with Gasteiger partial charge in [-0.25, -0.2) is 0 Å². The molecule has 0 heterocycles. The first kappa shape index (κ1) is 27.5. The lowest BCUT2D eigenvalue weighted by Gasteiger charge is -2.16. The lowest BCUT2D eigenvalue weighted by molar-refractivity contribution is -0.384. The maximum absolute atomic E-state index is 12.7. The highest BCUT2D eigenvalue weighted by molar-refractivity contribution is 6.01. The molecule has 9 heteroatoms. The number of carbonyl (C=O) groups is 1. The molecule has 0 saturated carbocycles. The summed E-state index contributed by atoms with van der Waals surface area (Å²) in [6.45, 7) is 4.12. The summed E-state index contributed by atoms with van der Waals surface area (Å²) in [7, 11) is 3.06. The summed E-state index contributed by atoms with van der Waals surface area (Å²) in [4.78, 5) is 23.3. The van der Waals surface area contributed by atoms with Gasteiger partial charge in [-0.15, -0.1) is 6.58 Å². The SMILES string of the molecule is C=CCc1cc(/C=C(/C#N)C(=O)NCc2ccc(OC)cc2)cc(OC)c1OCc1cccc([N+](=O)[O-])c1. The van der Waals surface area contributed by atoms with Crippen LogP contribution in [-0.2, 0) is 24.4 Å². The van der Waals surface area contributed by atoms with E-state index in [1.54, 1.807) is 49.6 Å². The number of hydrogen-bond acceptors (Lipinski definition) is 7. The molecule has 3 rings (SSSR count). The minimum Gasteiger partial charge on any atom is -0.497 e. The van der Waals surface area contributed by atoms with E-state index in [9.17, 15) is 20.2 Å². The molecular formula is C29H27N3O6. The molecule has 0 bridgehead atoms. The van der Waals surface area contributed by atoms with Gasteiger partial charge in [0.05, 0.1) is 19.1 Å². The Balaban J connectivity index is 1.82. The Morgan fingerprint density at radius 1 is 1.11 bits per heavy atom. The minimum atomic E-state index is -0.515. The number of carbonyl (C=O) groups excluding carboxylic acids is 1. The molecule has 0 aliphatic carbocycles. The van der Waals surface area contributed by atoms with Gasteiger partial charge in [0.15, 0.2) is 11.5 Å². The average Bonchev–Trinajstić information content (AvgIpc) is 2.94. The number of allylic oxidation sites excluding steroid dienone is 1. The van der Waals surface area contributed by atoms with Crippen LogP contribution in [0.1, 0.15) is 22.3 Å². The molecule has 0 aromatic heterocycles. The van der Waals surface area contributed by atoms with Gasteiger partial charge in [-0.1, -0.05) is 30.3 Å². The number of nitrogens with zero attached hydrogens (tertiary/aromatic N) is 2. The van der Waals surface area contributed by atoms with Crippen LogP contribution < -0.4 is 19.5 Å². The molecule has 1 N–H and O–H groups in total. The van der Waals surface area contributed by atoms with Crippen LogP contribution in [0.4, 0.5) is 5.69 Å². The third-order valence-corrected chi connectivity index (χ3v) is 5.53. The zero-order valence-electron chi connectivity index (χ0n) is 21.1. The van der Waals surface area contributed by atoms with Crippen LogP contribution in [0.25, 0.3) is 6.08 Å². The second kappa shape index (κ2) is 13.3. The van der Waals surface area contributed by atoms with Crippen LogP contribution in [0.3, 0.4) is 0 Å². The van der Waals surface area contributed by atoms with Gasteiger partial charge in [0, 0.05) is 24.2 Å². The molecule has 3 aromatic rings. The molecule has 9 nitrogen and oxygen atoms in total. The molecule has 0 atom stereocenters. The van der Waals surface area contributed by atoms with Crippen molar-refractivity contribution in [3.05, 3.63) is 111 Å². The maximum Gasteiger partial charge on any atom is 0.269 e. The highest BCUT2D eigenvalue weighted by Crippen LogP contribution is 2.35. The van der Waals surface area contributed by atoms with Crippen molar-refractivity contribution in [1.29, 1.82) is 5.26 Å². The summed E-state index contributed by atoms with van der Waals surface area (Å²) in [5.41, 5.74) is 2.66. The molecule has 194 valence electrons. The first-order valence-corrected chi connectivity index (χ1v) is 11.6. The topological polar surface area (TPSA) is 124 Å². The fraction of sp³-hybridized carbons (Fsp3) is 0.172. The van der Waals surface area contributed by atoms with Crippen molar-refractivity contribution in [3.8, 4) is 23.3 Å². The van der Waals surface area contributed by atoms with Gasteiger partial charge < -0.3 is 19.5 Å². The largest absolute Gasteiger partial charge is 0.497 e. The van der Waals surface area contributed by atoms with Crippen LogP contribution in [0, 0.1) is 21.4 Å². The Morgan fingerprint density at radius 3 is 2.50 bits per heavy atom. The number of nitriles is 1. The number of nitro groups is 1. The first-order chi connectivity index (χ1) is 18.4. The predicted molar refractivity (Wildman–Crippen MR) is 143 cm³/mol. The monoisotopic (exact) mass is 513 g/mol. The van der Waals surface area contributed by atoms with E-state index in [-0.39, 0.29) is 24.4 Å². The number of rotatable bonds is 12. The quantitative estimate of drug-likeness (QED) is 0.117. The zero-order valence-corrected chi connectivity index (χ0v) is 21.1. The van der Waals surface area contributed by atoms with Crippen LogP contribution in [0.5, 0.6) is 17.2 Å². The maximum atomic E-state index is 12.7. The fourth-order valence-electron chi connectivity index (χ4n) is 3.64. The third-order valence-electron chi connectivity index (χ3n) is 5.53. The molecule has 0 spiro atoms. The predicted octanol–water partition coefficient (Wildman–Crippen LogP) is 5.14. The van der Waals surface area contributed by atoms with E-state index in [2.05, 4.69) is 11.9 Å². The van der Waals surface area contributed by atoms with E-state index < -0.39 is 10.8 Å². The van der Waals surface area contributed by atoms with Crippen molar-refractivity contribution < 1.29 is 23.9 Å². The van der Waals surface area contributed by atoms with Crippen molar-refractivity contribution in [2.45, 2.75) is 19.6 Å². The normalized spacial score (nSPS) is 10.7. The zero-order chi connectivity index (χ0) is 27.5. The lowest BCUT2D eigenvalue weighted by Crippen LogP contribution is -2.23. The Labute approximate surface area is 220 Å². The fourth-order valence-corrected chi connectivity index (χ4v) is 3.64. The highest BCUT2D eigenvalue weighted by Gasteiger charge is 2.15. The molecule has 0 aliphatic heterocycles. The summed E-state index contributed by atoms with van der Waals surface area (Å²) >= 11 is 0. The number of non-ortho nitro benzene ring substituents is 1. The highest BCUT2D eigenvalue weighted by atomic mass is 16.6. The molecule has 0 unspecified atom stereocenters. The lowest BCUT2D eigenvalue weighted by atomic mass is 10.0. The molecule has 0 saturated heterocycles. The van der Waals surface area contributed by atoms with Gasteiger partial charge in [0.25, 0.3) is 11.6 Å². The van der Waals surface area contributed by atoms with Crippen LogP contribution in [0.15, 0.2) is 78.9 Å². The number of hydrogen-bond donors (Lipinski definition) is 1. The Kier molecular flexibility index (Phi) is 9.60. The Hall–Kier alpha value is -5.10. The molecule has 1 amide bonds. The molecule has 0 radical (unpaired) electrons. The van der Waals surface area contributed by atoms with E-state index in [1.165, 1.54) is 25.3 Å². The summed E-state index contributed by atoms with van der Waals surface area (Å²) in [6, 6.07) is 18.8. The van der Waals surface area contributed by atoms with Gasteiger partial charge in [0.1, 0.15) is 24.0 Å². The van der Waals surface area contributed by atoms with Crippen molar-refractivity contribution >= 4 is 17.7 Å². The first-order valence-electron chi connectivity index (χ1n) is 11.6. The van der Waals surface area contributed by atoms with Crippen molar-refractivity contribution in [3.63, 3.8) is 0 Å².